The minimum Gasteiger partial charge on any atom is -0.387 e. The van der Waals surface area contributed by atoms with Gasteiger partial charge in [0, 0.05) is 30.4 Å². The van der Waals surface area contributed by atoms with Crippen LogP contribution in [-0.4, -0.2) is 15.8 Å². The van der Waals surface area contributed by atoms with Crippen LogP contribution < -0.4 is 5.73 Å². The number of rotatable bonds is 6. The van der Waals surface area contributed by atoms with Crippen LogP contribution in [0.25, 0.3) is 0 Å². The number of hydrogen-bond donors (Lipinski definition) is 1. The second kappa shape index (κ2) is 8.57. The van der Waals surface area contributed by atoms with Gasteiger partial charge in [0.1, 0.15) is 11.7 Å². The third-order valence-corrected chi connectivity index (χ3v) is 3.29. The first-order valence-electron chi connectivity index (χ1n) is 7.06. The van der Waals surface area contributed by atoms with Crippen molar-refractivity contribution in [3.63, 3.8) is 0 Å². The maximum absolute atomic E-state index is 5.80. The normalized spacial score (nSPS) is 15.0. The molecule has 0 saturated carbocycles. The Kier molecular flexibility index (Phi) is 7.09. The molecule has 5 heteroatoms. The van der Waals surface area contributed by atoms with E-state index in [1.54, 1.807) is 18.6 Å². The standard InChI is InChI=1S/C16H23ClN4/c1-5-13(6-7-19-15(18)11(2)3)8-12(4)16-20-9-14(17)10-21-16/h5-7,9-12H,8H2,1-4H3,(H2,18,19)/b7-6-,13-5+. The molecule has 4 nitrogen and oxygen atoms in total. The summed E-state index contributed by atoms with van der Waals surface area (Å²) in [5, 5.41) is 0.551. The highest BCUT2D eigenvalue weighted by molar-refractivity contribution is 6.30. The molecule has 0 radical (unpaired) electrons. The van der Waals surface area contributed by atoms with Crippen molar-refractivity contribution in [3.05, 3.63) is 47.2 Å². The van der Waals surface area contributed by atoms with Crippen LogP contribution in [0.1, 0.15) is 45.9 Å². The first kappa shape index (κ1) is 17.4. The first-order chi connectivity index (χ1) is 9.93. The van der Waals surface area contributed by atoms with Gasteiger partial charge in [0.25, 0.3) is 0 Å². The van der Waals surface area contributed by atoms with E-state index in [1.165, 1.54) is 5.57 Å². The van der Waals surface area contributed by atoms with Gasteiger partial charge in [0.15, 0.2) is 0 Å². The van der Waals surface area contributed by atoms with Crippen LogP contribution in [-0.2, 0) is 0 Å². The maximum atomic E-state index is 5.80. The van der Waals surface area contributed by atoms with E-state index in [9.17, 15) is 0 Å². The lowest BCUT2D eigenvalue weighted by molar-refractivity contribution is 0.699. The van der Waals surface area contributed by atoms with Crippen molar-refractivity contribution >= 4 is 17.4 Å². The van der Waals surface area contributed by atoms with Crippen LogP contribution in [0.2, 0.25) is 5.02 Å². The molecule has 1 heterocycles. The summed E-state index contributed by atoms with van der Waals surface area (Å²) >= 11 is 5.80. The highest BCUT2D eigenvalue weighted by Gasteiger charge is 2.09. The van der Waals surface area contributed by atoms with E-state index in [4.69, 9.17) is 17.3 Å². The topological polar surface area (TPSA) is 64.2 Å². The van der Waals surface area contributed by atoms with Gasteiger partial charge in [-0.25, -0.2) is 15.0 Å². The minimum atomic E-state index is 0.213. The van der Waals surface area contributed by atoms with Crippen LogP contribution in [0.5, 0.6) is 0 Å². The first-order valence-corrected chi connectivity index (χ1v) is 7.44. The lowest BCUT2D eigenvalue weighted by atomic mass is 10.00. The van der Waals surface area contributed by atoms with E-state index in [0.29, 0.717) is 10.9 Å². The molecule has 1 rings (SSSR count). The molecule has 0 aliphatic heterocycles. The number of aliphatic imine (C=N–C) groups is 1. The zero-order valence-electron chi connectivity index (χ0n) is 13.0. The van der Waals surface area contributed by atoms with Crippen LogP contribution in [0.4, 0.5) is 0 Å². The van der Waals surface area contributed by atoms with Crippen LogP contribution in [0.15, 0.2) is 41.3 Å². The molecule has 1 atom stereocenters. The number of amidine groups is 1. The molecule has 2 N–H and O–H groups in total. The third-order valence-electron chi connectivity index (χ3n) is 3.10. The van der Waals surface area contributed by atoms with Crippen molar-refractivity contribution in [2.24, 2.45) is 16.6 Å². The zero-order valence-corrected chi connectivity index (χ0v) is 13.8. The molecule has 0 saturated heterocycles. The molecular weight excluding hydrogens is 284 g/mol. The monoisotopic (exact) mass is 306 g/mol. The van der Waals surface area contributed by atoms with E-state index in [2.05, 4.69) is 28.0 Å². The molecule has 0 spiro atoms. The van der Waals surface area contributed by atoms with Crippen molar-refractivity contribution in [3.8, 4) is 0 Å². The van der Waals surface area contributed by atoms with Crippen molar-refractivity contribution in [1.29, 1.82) is 0 Å². The summed E-state index contributed by atoms with van der Waals surface area (Å²) in [6.07, 6.45) is 9.87. The van der Waals surface area contributed by atoms with Crippen molar-refractivity contribution in [1.82, 2.24) is 9.97 Å². The average molecular weight is 307 g/mol. The lowest BCUT2D eigenvalue weighted by Gasteiger charge is -2.10. The number of aromatic nitrogens is 2. The van der Waals surface area contributed by atoms with Crippen LogP contribution >= 0.6 is 11.6 Å². The number of nitrogens with two attached hydrogens (primary N) is 1. The summed E-state index contributed by atoms with van der Waals surface area (Å²) in [4.78, 5) is 12.7. The zero-order chi connectivity index (χ0) is 15.8. The summed E-state index contributed by atoms with van der Waals surface area (Å²) in [5.41, 5.74) is 6.97. The van der Waals surface area contributed by atoms with Gasteiger partial charge < -0.3 is 5.73 Å². The molecule has 0 bridgehead atoms. The molecule has 0 aliphatic rings. The summed E-state index contributed by atoms with van der Waals surface area (Å²) in [7, 11) is 0. The van der Waals surface area contributed by atoms with Gasteiger partial charge in [-0.1, -0.05) is 44.0 Å². The second-order valence-corrected chi connectivity index (χ2v) is 5.69. The fourth-order valence-electron chi connectivity index (χ4n) is 1.67. The highest BCUT2D eigenvalue weighted by Crippen LogP contribution is 2.21. The molecular formula is C16H23ClN4. The van der Waals surface area contributed by atoms with Crippen molar-refractivity contribution < 1.29 is 0 Å². The van der Waals surface area contributed by atoms with Crippen LogP contribution in [0, 0.1) is 5.92 Å². The largest absolute Gasteiger partial charge is 0.387 e. The molecule has 0 aromatic carbocycles. The molecule has 0 amide bonds. The Morgan fingerprint density at radius 2 is 1.95 bits per heavy atom. The second-order valence-electron chi connectivity index (χ2n) is 5.25. The smallest absolute Gasteiger partial charge is 0.131 e. The van der Waals surface area contributed by atoms with Gasteiger partial charge >= 0.3 is 0 Å². The Bertz CT molecular complexity index is 530. The Labute approximate surface area is 131 Å². The quantitative estimate of drug-likeness (QED) is 0.489. The van der Waals surface area contributed by atoms with Crippen molar-refractivity contribution in [2.45, 2.75) is 40.0 Å². The number of halogens is 1. The Morgan fingerprint density at radius 3 is 2.48 bits per heavy atom. The Morgan fingerprint density at radius 1 is 1.33 bits per heavy atom. The van der Waals surface area contributed by atoms with Gasteiger partial charge in [-0.15, -0.1) is 0 Å². The van der Waals surface area contributed by atoms with Gasteiger partial charge in [-0.3, -0.25) is 0 Å². The van der Waals surface area contributed by atoms with Crippen molar-refractivity contribution in [2.75, 3.05) is 0 Å². The summed E-state index contributed by atoms with van der Waals surface area (Å²) in [6.45, 7) is 8.13. The van der Waals surface area contributed by atoms with E-state index >= 15 is 0 Å². The van der Waals surface area contributed by atoms with E-state index < -0.39 is 0 Å². The van der Waals surface area contributed by atoms with Gasteiger partial charge in [-0.05, 0) is 19.4 Å². The van der Waals surface area contributed by atoms with E-state index in [1.807, 2.05) is 26.8 Å². The number of allylic oxidation sites excluding steroid dienone is 3. The fraction of sp³-hybridized carbons (Fsp3) is 0.438. The average Bonchev–Trinajstić information content (AvgIpc) is 2.46. The highest BCUT2D eigenvalue weighted by atomic mass is 35.5. The summed E-state index contributed by atoms with van der Waals surface area (Å²) < 4.78 is 0. The van der Waals surface area contributed by atoms with E-state index in [0.717, 1.165) is 12.2 Å². The molecule has 114 valence electrons. The number of hydrogen-bond acceptors (Lipinski definition) is 3. The molecule has 1 aromatic heterocycles. The van der Waals surface area contributed by atoms with Gasteiger partial charge in [0.05, 0.1) is 5.02 Å². The maximum Gasteiger partial charge on any atom is 0.131 e. The summed E-state index contributed by atoms with van der Waals surface area (Å²) in [5.74, 6) is 1.89. The molecule has 1 unspecified atom stereocenters. The Hall–Kier alpha value is -1.68. The lowest BCUT2D eigenvalue weighted by Crippen LogP contribution is -2.17. The van der Waals surface area contributed by atoms with Gasteiger partial charge in [-0.2, -0.15) is 0 Å². The predicted octanol–water partition coefficient (Wildman–Crippen LogP) is 4.10. The third kappa shape index (κ3) is 6.08. The Balaban J connectivity index is 2.68. The van der Waals surface area contributed by atoms with Gasteiger partial charge in [0.2, 0.25) is 0 Å². The number of nitrogens with zero attached hydrogens (tertiary/aromatic N) is 3. The molecule has 0 fully saturated rings. The van der Waals surface area contributed by atoms with E-state index in [-0.39, 0.29) is 11.8 Å². The fourth-order valence-corrected chi connectivity index (χ4v) is 1.77. The van der Waals surface area contributed by atoms with Crippen LogP contribution in [0.3, 0.4) is 0 Å². The molecule has 21 heavy (non-hydrogen) atoms. The SMILES string of the molecule is C\C=C(/C=C\N=C(/N)C(C)C)CC(C)c1ncc(Cl)cn1. The minimum absolute atomic E-state index is 0.213. The molecule has 1 aromatic rings. The summed E-state index contributed by atoms with van der Waals surface area (Å²) in [6, 6.07) is 0. The predicted molar refractivity (Wildman–Crippen MR) is 89.4 cm³/mol. The molecule has 0 aliphatic carbocycles.